The Morgan fingerprint density at radius 3 is 2.74 bits per heavy atom. The van der Waals surface area contributed by atoms with Crippen molar-refractivity contribution in [3.05, 3.63) is 40.1 Å². The van der Waals surface area contributed by atoms with Gasteiger partial charge in [0.2, 0.25) is 5.89 Å². The minimum absolute atomic E-state index is 0.0123. The van der Waals surface area contributed by atoms with Crippen molar-refractivity contribution < 1.29 is 18.8 Å². The number of non-ortho nitro benzene ring substituents is 1. The molecule has 0 aliphatic heterocycles. The van der Waals surface area contributed by atoms with Gasteiger partial charge < -0.3 is 13.9 Å². The summed E-state index contributed by atoms with van der Waals surface area (Å²) >= 11 is 0. The van der Waals surface area contributed by atoms with E-state index in [0.29, 0.717) is 11.6 Å². The molecule has 8 nitrogen and oxygen atoms in total. The van der Waals surface area contributed by atoms with Crippen molar-refractivity contribution >= 4 is 5.69 Å². The Bertz CT molecular complexity index is 596. The number of hydrogen-bond donors (Lipinski definition) is 0. The lowest BCUT2D eigenvalue weighted by Gasteiger charge is -2.08. The molecule has 19 heavy (non-hydrogen) atoms. The highest BCUT2D eigenvalue weighted by atomic mass is 16.6. The Hall–Kier alpha value is -2.64. The summed E-state index contributed by atoms with van der Waals surface area (Å²) in [6, 6.07) is 4.08. The Labute approximate surface area is 108 Å². The lowest BCUT2D eigenvalue weighted by molar-refractivity contribution is -0.385. The van der Waals surface area contributed by atoms with Crippen molar-refractivity contribution in [1.82, 2.24) is 10.2 Å². The maximum atomic E-state index is 10.7. The summed E-state index contributed by atoms with van der Waals surface area (Å²) < 4.78 is 15.6. The van der Waals surface area contributed by atoms with Gasteiger partial charge in [-0.3, -0.25) is 10.1 Å². The second kappa shape index (κ2) is 5.34. The van der Waals surface area contributed by atoms with Gasteiger partial charge in [0.1, 0.15) is 0 Å². The molecule has 0 bridgehead atoms. The summed E-state index contributed by atoms with van der Waals surface area (Å²) in [7, 11) is 1.45. The van der Waals surface area contributed by atoms with E-state index in [4.69, 9.17) is 13.9 Å². The number of nitrogens with zero attached hydrogens (tertiary/aromatic N) is 3. The molecule has 0 fully saturated rings. The van der Waals surface area contributed by atoms with E-state index in [-0.39, 0.29) is 23.9 Å². The molecule has 0 aliphatic rings. The third-order valence-corrected chi connectivity index (χ3v) is 2.28. The van der Waals surface area contributed by atoms with Crippen LogP contribution in [0.4, 0.5) is 5.69 Å². The van der Waals surface area contributed by atoms with Crippen LogP contribution < -0.4 is 9.47 Å². The minimum atomic E-state index is -0.511. The summed E-state index contributed by atoms with van der Waals surface area (Å²) in [4.78, 5) is 10.2. The number of methoxy groups -OCH3 is 1. The summed E-state index contributed by atoms with van der Waals surface area (Å²) in [6.45, 7) is 1.67. The Balaban J connectivity index is 2.17. The van der Waals surface area contributed by atoms with Crippen LogP contribution in [-0.2, 0) is 6.61 Å². The molecule has 0 amide bonds. The van der Waals surface area contributed by atoms with Crippen molar-refractivity contribution in [2.75, 3.05) is 7.11 Å². The molecular formula is C11H11N3O5. The van der Waals surface area contributed by atoms with Crippen LogP contribution in [0, 0.1) is 17.0 Å². The zero-order valence-electron chi connectivity index (χ0n) is 10.3. The van der Waals surface area contributed by atoms with Crippen LogP contribution in [0.3, 0.4) is 0 Å². The van der Waals surface area contributed by atoms with Crippen LogP contribution >= 0.6 is 0 Å². The maximum Gasteiger partial charge on any atom is 0.273 e. The number of nitro benzene ring substituents is 1. The van der Waals surface area contributed by atoms with Crippen molar-refractivity contribution in [2.45, 2.75) is 13.5 Å². The largest absolute Gasteiger partial charge is 0.493 e. The highest BCUT2D eigenvalue weighted by Gasteiger charge is 2.13. The van der Waals surface area contributed by atoms with Crippen molar-refractivity contribution in [1.29, 1.82) is 0 Å². The second-order valence-electron chi connectivity index (χ2n) is 3.60. The molecule has 1 heterocycles. The first-order chi connectivity index (χ1) is 9.10. The van der Waals surface area contributed by atoms with Crippen LogP contribution in [0.1, 0.15) is 11.8 Å². The van der Waals surface area contributed by atoms with E-state index >= 15 is 0 Å². The normalized spacial score (nSPS) is 10.2. The van der Waals surface area contributed by atoms with E-state index in [2.05, 4.69) is 10.2 Å². The first-order valence-electron chi connectivity index (χ1n) is 5.34. The highest BCUT2D eigenvalue weighted by Crippen LogP contribution is 2.31. The molecule has 0 saturated heterocycles. The monoisotopic (exact) mass is 265 g/mol. The van der Waals surface area contributed by atoms with Gasteiger partial charge in [-0.05, 0) is 6.07 Å². The molecular weight excluding hydrogens is 254 g/mol. The predicted octanol–water partition coefficient (Wildman–Crippen LogP) is 1.87. The smallest absolute Gasteiger partial charge is 0.273 e. The van der Waals surface area contributed by atoms with Crippen molar-refractivity contribution in [2.24, 2.45) is 0 Å². The first-order valence-corrected chi connectivity index (χ1v) is 5.34. The van der Waals surface area contributed by atoms with Gasteiger partial charge in [0.05, 0.1) is 18.1 Å². The first kappa shape index (κ1) is 12.8. The van der Waals surface area contributed by atoms with Gasteiger partial charge in [-0.15, -0.1) is 10.2 Å². The van der Waals surface area contributed by atoms with E-state index < -0.39 is 4.92 Å². The number of nitro groups is 1. The molecule has 0 aliphatic carbocycles. The average molecular weight is 265 g/mol. The SMILES string of the molecule is COc1ccc([N+](=O)[O-])cc1OCc1nnc(C)o1. The van der Waals surface area contributed by atoms with E-state index in [1.54, 1.807) is 6.92 Å². The summed E-state index contributed by atoms with van der Waals surface area (Å²) in [5, 5.41) is 18.1. The lowest BCUT2D eigenvalue weighted by atomic mass is 10.3. The van der Waals surface area contributed by atoms with E-state index in [1.807, 2.05) is 0 Å². The van der Waals surface area contributed by atoms with E-state index in [9.17, 15) is 10.1 Å². The van der Waals surface area contributed by atoms with E-state index in [1.165, 1.54) is 25.3 Å². The fraction of sp³-hybridized carbons (Fsp3) is 0.273. The molecule has 0 radical (unpaired) electrons. The molecule has 8 heteroatoms. The molecule has 100 valence electrons. The highest BCUT2D eigenvalue weighted by molar-refractivity contribution is 5.48. The number of hydrogen-bond acceptors (Lipinski definition) is 7. The van der Waals surface area contributed by atoms with Gasteiger partial charge in [0.25, 0.3) is 11.6 Å². The number of ether oxygens (including phenoxy) is 2. The third kappa shape index (κ3) is 2.97. The van der Waals surface area contributed by atoms with Crippen LogP contribution in [-0.4, -0.2) is 22.2 Å². The van der Waals surface area contributed by atoms with Gasteiger partial charge in [-0.25, -0.2) is 0 Å². The molecule has 1 aromatic heterocycles. The minimum Gasteiger partial charge on any atom is -0.493 e. The number of aromatic nitrogens is 2. The summed E-state index contributed by atoms with van der Waals surface area (Å²) in [5.74, 6) is 1.34. The summed E-state index contributed by atoms with van der Waals surface area (Å²) in [5.41, 5.74) is -0.0856. The summed E-state index contributed by atoms with van der Waals surface area (Å²) in [6.07, 6.45) is 0. The average Bonchev–Trinajstić information content (AvgIpc) is 2.81. The number of aryl methyl sites for hydroxylation is 1. The molecule has 0 N–H and O–H groups in total. The zero-order valence-corrected chi connectivity index (χ0v) is 10.3. The Morgan fingerprint density at radius 1 is 1.37 bits per heavy atom. The van der Waals surface area contributed by atoms with Crippen LogP contribution in [0.15, 0.2) is 22.6 Å². The van der Waals surface area contributed by atoms with Crippen molar-refractivity contribution in [3.63, 3.8) is 0 Å². The van der Waals surface area contributed by atoms with Gasteiger partial charge in [-0.2, -0.15) is 0 Å². The van der Waals surface area contributed by atoms with Gasteiger partial charge in [0.15, 0.2) is 18.1 Å². The maximum absolute atomic E-state index is 10.7. The Kier molecular flexibility index (Phi) is 3.60. The third-order valence-electron chi connectivity index (χ3n) is 2.28. The van der Waals surface area contributed by atoms with Crippen LogP contribution in [0.5, 0.6) is 11.5 Å². The topological polar surface area (TPSA) is 101 Å². The molecule has 1 aromatic carbocycles. The lowest BCUT2D eigenvalue weighted by Crippen LogP contribution is -1.99. The predicted molar refractivity (Wildman–Crippen MR) is 63.0 cm³/mol. The quantitative estimate of drug-likeness (QED) is 0.600. The molecule has 2 aromatic rings. The molecule has 2 rings (SSSR count). The van der Waals surface area contributed by atoms with Gasteiger partial charge in [-0.1, -0.05) is 0 Å². The number of rotatable bonds is 5. The standard InChI is InChI=1S/C11H11N3O5/c1-7-12-13-11(19-7)6-18-10-5-8(14(15)16)3-4-9(10)17-2/h3-5H,6H2,1-2H3. The fourth-order valence-electron chi connectivity index (χ4n) is 1.43. The Morgan fingerprint density at radius 2 is 2.16 bits per heavy atom. The molecule has 0 spiro atoms. The van der Waals surface area contributed by atoms with Crippen molar-refractivity contribution in [3.8, 4) is 11.5 Å². The van der Waals surface area contributed by atoms with E-state index in [0.717, 1.165) is 0 Å². The molecule has 0 unspecified atom stereocenters. The van der Waals surface area contributed by atoms with Gasteiger partial charge in [0, 0.05) is 13.0 Å². The van der Waals surface area contributed by atoms with Crippen LogP contribution in [0.25, 0.3) is 0 Å². The zero-order chi connectivity index (χ0) is 13.8. The second-order valence-corrected chi connectivity index (χ2v) is 3.60. The number of benzene rings is 1. The molecule has 0 saturated carbocycles. The fourth-order valence-corrected chi connectivity index (χ4v) is 1.43. The van der Waals surface area contributed by atoms with Gasteiger partial charge >= 0.3 is 0 Å². The van der Waals surface area contributed by atoms with Crippen LogP contribution in [0.2, 0.25) is 0 Å². The molecule has 0 atom stereocenters.